The van der Waals surface area contributed by atoms with E-state index in [1.165, 1.54) is 0 Å². The van der Waals surface area contributed by atoms with Gasteiger partial charge in [0.1, 0.15) is 5.75 Å². The topological polar surface area (TPSA) is 124 Å². The summed E-state index contributed by atoms with van der Waals surface area (Å²) in [6, 6.07) is 38.8. The van der Waals surface area contributed by atoms with Gasteiger partial charge in [0.25, 0.3) is 5.91 Å². The molecule has 2 aliphatic heterocycles. The van der Waals surface area contributed by atoms with Gasteiger partial charge < -0.3 is 34.7 Å². The van der Waals surface area contributed by atoms with Crippen molar-refractivity contribution < 1.29 is 29.0 Å². The molecule has 61 heavy (non-hydrogen) atoms. The van der Waals surface area contributed by atoms with E-state index in [0.717, 1.165) is 38.5 Å². The number of carbonyl (C=O) groups excluding carboxylic acids is 3. The zero-order chi connectivity index (χ0) is 42.9. The van der Waals surface area contributed by atoms with E-state index < -0.39 is 19.8 Å². The standard InChI is InChI=1S/C49H51ClN4O6Si/c1-32-47(61(3,4)39-20-18-38(59-2)19-21-39)44(28-46(57)53(23-24-55)30-33-11-6-5-7-12-33)60-49(32)41-27-36(50)17-22-43(41)54(48(49)58)31-34-13-10-14-37(25-34)52-45(56)26-35-29-51-42-16-9-8-15-40(35)42/h5-22,25,27,29,32,44,47,51,55H,23-24,26,28,30-31H2,1-4H3,(H,52,56)/t32-,44+,47-,49+/m1/s1. The molecule has 3 N–H and O–H groups in total. The first-order chi connectivity index (χ1) is 29.4. The van der Waals surface area contributed by atoms with Crippen LogP contribution in [0.2, 0.25) is 23.7 Å². The molecular weight excluding hydrogens is 804 g/mol. The quantitative estimate of drug-likeness (QED) is 0.0951. The molecule has 10 nitrogen and oxygen atoms in total. The molecule has 6 aromatic rings. The lowest BCUT2D eigenvalue weighted by Crippen LogP contribution is -2.52. The van der Waals surface area contributed by atoms with Crippen molar-refractivity contribution in [2.45, 2.75) is 63.2 Å². The highest BCUT2D eigenvalue weighted by Crippen LogP contribution is 2.60. The van der Waals surface area contributed by atoms with Crippen LogP contribution in [0.1, 0.15) is 35.6 Å². The van der Waals surface area contributed by atoms with Crippen molar-refractivity contribution >= 4 is 64.9 Å². The molecule has 0 radical (unpaired) electrons. The second kappa shape index (κ2) is 17.3. The van der Waals surface area contributed by atoms with Crippen molar-refractivity contribution in [3.8, 4) is 5.75 Å². The summed E-state index contributed by atoms with van der Waals surface area (Å²) in [7, 11) is -0.924. The first-order valence-electron chi connectivity index (χ1n) is 20.7. The van der Waals surface area contributed by atoms with Gasteiger partial charge in [-0.05, 0) is 70.8 Å². The second-order valence-corrected chi connectivity index (χ2v) is 21.8. The van der Waals surface area contributed by atoms with Crippen molar-refractivity contribution in [1.82, 2.24) is 9.88 Å². The van der Waals surface area contributed by atoms with Crippen molar-refractivity contribution in [1.29, 1.82) is 0 Å². The van der Waals surface area contributed by atoms with Gasteiger partial charge in [-0.25, -0.2) is 0 Å². The Morgan fingerprint density at radius 2 is 1.69 bits per heavy atom. The molecule has 12 heteroatoms. The van der Waals surface area contributed by atoms with Crippen LogP contribution < -0.4 is 20.1 Å². The molecule has 4 atom stereocenters. The Morgan fingerprint density at radius 1 is 0.951 bits per heavy atom. The van der Waals surface area contributed by atoms with Gasteiger partial charge in [-0.2, -0.15) is 0 Å². The number of carbonyl (C=O) groups is 3. The zero-order valence-corrected chi connectivity index (χ0v) is 36.6. The Labute approximate surface area is 362 Å². The van der Waals surface area contributed by atoms with E-state index >= 15 is 4.79 Å². The third-order valence-electron chi connectivity index (χ3n) is 12.7. The minimum absolute atomic E-state index is 0.0274. The summed E-state index contributed by atoms with van der Waals surface area (Å²) < 4.78 is 12.7. The van der Waals surface area contributed by atoms with Crippen LogP contribution in [-0.4, -0.2) is 67.2 Å². The third-order valence-corrected chi connectivity index (χ3v) is 17.3. The monoisotopic (exact) mass is 854 g/mol. The summed E-state index contributed by atoms with van der Waals surface area (Å²) in [6.45, 7) is 7.17. The summed E-state index contributed by atoms with van der Waals surface area (Å²) in [5, 5.41) is 15.7. The molecule has 0 aliphatic carbocycles. The highest BCUT2D eigenvalue weighted by molar-refractivity contribution is 6.91. The van der Waals surface area contributed by atoms with Crippen LogP contribution in [0.3, 0.4) is 0 Å². The highest BCUT2D eigenvalue weighted by atomic mass is 35.5. The number of amides is 3. The van der Waals surface area contributed by atoms with Crippen LogP contribution in [0.15, 0.2) is 128 Å². The lowest BCUT2D eigenvalue weighted by Gasteiger charge is -2.37. The molecule has 0 bridgehead atoms. The number of nitrogens with zero attached hydrogens (tertiary/aromatic N) is 2. The Balaban J connectivity index is 1.11. The van der Waals surface area contributed by atoms with E-state index in [9.17, 15) is 14.7 Å². The van der Waals surface area contributed by atoms with E-state index in [-0.39, 0.29) is 61.7 Å². The summed E-state index contributed by atoms with van der Waals surface area (Å²) >= 11 is 6.75. The molecule has 1 spiro atoms. The molecule has 0 saturated carbocycles. The number of aromatic nitrogens is 1. The number of rotatable bonds is 14. The van der Waals surface area contributed by atoms with Crippen LogP contribution in [0, 0.1) is 5.92 Å². The van der Waals surface area contributed by atoms with Gasteiger partial charge in [-0.1, -0.05) is 110 Å². The number of hydrogen-bond donors (Lipinski definition) is 3. The number of aliphatic hydroxyl groups is 1. The minimum atomic E-state index is -2.57. The number of aliphatic hydroxyl groups excluding tert-OH is 1. The van der Waals surface area contributed by atoms with E-state index in [1.807, 2.05) is 109 Å². The van der Waals surface area contributed by atoms with Crippen molar-refractivity contribution in [2.75, 3.05) is 30.5 Å². The van der Waals surface area contributed by atoms with Crippen molar-refractivity contribution in [3.05, 3.63) is 155 Å². The number of anilines is 2. The van der Waals surface area contributed by atoms with Gasteiger partial charge in [0.05, 0.1) is 53.0 Å². The summed E-state index contributed by atoms with van der Waals surface area (Å²) in [5.74, 6) is -0.144. The fourth-order valence-corrected chi connectivity index (χ4v) is 13.9. The molecule has 3 heterocycles. The lowest BCUT2D eigenvalue weighted by molar-refractivity contribution is -0.150. The van der Waals surface area contributed by atoms with E-state index in [4.69, 9.17) is 21.1 Å². The first kappa shape index (κ1) is 42.0. The smallest absolute Gasteiger partial charge is 0.264 e. The van der Waals surface area contributed by atoms with Crippen molar-refractivity contribution in [2.24, 2.45) is 5.92 Å². The van der Waals surface area contributed by atoms with Crippen molar-refractivity contribution in [3.63, 3.8) is 0 Å². The summed E-state index contributed by atoms with van der Waals surface area (Å²) in [4.78, 5) is 49.8. The number of nitrogens with one attached hydrogen (secondary N) is 2. The second-order valence-electron chi connectivity index (χ2n) is 16.7. The first-order valence-corrected chi connectivity index (χ1v) is 24.2. The largest absolute Gasteiger partial charge is 0.497 e. The Bertz CT molecular complexity index is 2560. The maximum Gasteiger partial charge on any atom is 0.264 e. The average molecular weight is 856 g/mol. The van der Waals surface area contributed by atoms with Crippen LogP contribution in [-0.2, 0) is 44.2 Å². The number of benzene rings is 5. The number of halogens is 1. The molecule has 2 aliphatic rings. The van der Waals surface area contributed by atoms with Crippen LogP contribution >= 0.6 is 11.6 Å². The van der Waals surface area contributed by atoms with E-state index in [0.29, 0.717) is 28.5 Å². The van der Waals surface area contributed by atoms with Gasteiger partial charge in [0, 0.05) is 52.4 Å². The van der Waals surface area contributed by atoms with Gasteiger partial charge >= 0.3 is 0 Å². The molecule has 5 aromatic carbocycles. The van der Waals surface area contributed by atoms with E-state index in [1.54, 1.807) is 23.0 Å². The number of methoxy groups -OCH3 is 1. The molecule has 0 unspecified atom stereocenters. The van der Waals surface area contributed by atoms with Gasteiger partial charge in [-0.15, -0.1) is 0 Å². The normalized spacial score (nSPS) is 19.7. The van der Waals surface area contributed by atoms with E-state index in [2.05, 4.69) is 42.5 Å². The Morgan fingerprint density at radius 3 is 2.44 bits per heavy atom. The predicted octanol–water partition coefficient (Wildman–Crippen LogP) is 8.19. The summed E-state index contributed by atoms with van der Waals surface area (Å²) in [5.41, 5.74) is 4.03. The maximum absolute atomic E-state index is 15.4. The van der Waals surface area contributed by atoms with Crippen LogP contribution in [0.25, 0.3) is 10.9 Å². The SMILES string of the molecule is COc1ccc([Si](C)(C)[C@H]2[C@H](CC(=O)N(CCO)Cc3ccccc3)O[C@@]3(C(=O)N(Cc4cccc(NC(=O)Cc5c[nH]c6ccccc56)c4)c4ccc(Cl)cc43)[C@@H]2C)cc1. The van der Waals surface area contributed by atoms with Gasteiger partial charge in [0.2, 0.25) is 11.8 Å². The molecule has 1 aromatic heterocycles. The highest BCUT2D eigenvalue weighted by Gasteiger charge is 2.66. The molecule has 1 saturated heterocycles. The van der Waals surface area contributed by atoms with Crippen LogP contribution in [0.4, 0.5) is 11.4 Å². The molecular formula is C49H51ClN4O6Si. The number of para-hydroxylation sites is 1. The van der Waals surface area contributed by atoms with Gasteiger partial charge in [0.15, 0.2) is 5.60 Å². The zero-order valence-electron chi connectivity index (χ0n) is 34.9. The maximum atomic E-state index is 15.4. The predicted molar refractivity (Wildman–Crippen MR) is 243 cm³/mol. The molecule has 8 rings (SSSR count). The Hall–Kier alpha value is -5.72. The fraction of sp³-hybridized carbons (Fsp3) is 0.286. The average Bonchev–Trinajstić information content (AvgIpc) is 3.87. The Kier molecular flexibility index (Phi) is 11.9. The van der Waals surface area contributed by atoms with Gasteiger partial charge in [-0.3, -0.25) is 14.4 Å². The fourth-order valence-electron chi connectivity index (χ4n) is 9.75. The number of H-pyrrole nitrogens is 1. The minimum Gasteiger partial charge on any atom is -0.497 e. The molecule has 3 amide bonds. The summed E-state index contributed by atoms with van der Waals surface area (Å²) in [6.07, 6.45) is 1.47. The lowest BCUT2D eigenvalue weighted by atomic mass is 9.82. The molecule has 1 fully saturated rings. The third kappa shape index (κ3) is 8.11. The molecule has 314 valence electrons. The number of hydrogen-bond acceptors (Lipinski definition) is 6. The number of fused-ring (bicyclic) bond motifs is 3. The number of ether oxygens (including phenoxy) is 2. The van der Waals surface area contributed by atoms with Crippen LogP contribution in [0.5, 0.6) is 5.75 Å². The number of aromatic amines is 1.